The third-order valence-electron chi connectivity index (χ3n) is 5.88. The molecule has 33 heavy (non-hydrogen) atoms. The van der Waals surface area contributed by atoms with Gasteiger partial charge in [-0.2, -0.15) is 9.97 Å². The van der Waals surface area contributed by atoms with Gasteiger partial charge in [0.25, 0.3) is 5.91 Å². The molecule has 0 bridgehead atoms. The number of para-hydroxylation sites is 1. The summed E-state index contributed by atoms with van der Waals surface area (Å²) in [6.45, 7) is 0. The molecule has 0 atom stereocenters. The number of ether oxygens (including phenoxy) is 2. The first-order chi connectivity index (χ1) is 16.0. The van der Waals surface area contributed by atoms with E-state index in [-0.39, 0.29) is 23.9 Å². The maximum Gasteiger partial charge on any atom is 0.256 e. The Morgan fingerprint density at radius 1 is 0.939 bits per heavy atom. The lowest BCUT2D eigenvalue weighted by Crippen LogP contribution is -2.40. The van der Waals surface area contributed by atoms with E-state index in [0.717, 1.165) is 42.4 Å². The van der Waals surface area contributed by atoms with Crippen LogP contribution in [0.1, 0.15) is 36.0 Å². The molecule has 0 unspecified atom stereocenters. The quantitative estimate of drug-likeness (QED) is 0.566. The number of pyridine rings is 1. The van der Waals surface area contributed by atoms with Gasteiger partial charge in [-0.15, -0.1) is 0 Å². The Labute approximate surface area is 193 Å². The van der Waals surface area contributed by atoms with E-state index in [2.05, 4.69) is 15.6 Å². The predicted octanol–water partition coefficient (Wildman–Crippen LogP) is 3.26. The van der Waals surface area contributed by atoms with Gasteiger partial charge in [0, 0.05) is 37.6 Å². The van der Waals surface area contributed by atoms with Gasteiger partial charge in [-0.05, 0) is 43.9 Å². The highest BCUT2D eigenvalue weighted by molar-refractivity contribution is 5.96. The first kappa shape index (κ1) is 22.6. The minimum absolute atomic E-state index is 0.0946. The summed E-state index contributed by atoms with van der Waals surface area (Å²) in [6.07, 6.45) is 3.56. The monoisotopic (exact) mass is 450 g/mol. The summed E-state index contributed by atoms with van der Waals surface area (Å²) < 4.78 is 10.4. The fraction of sp³-hybridized carbons (Fsp3) is 0.417. The highest BCUT2D eigenvalue weighted by Crippen LogP contribution is 2.27. The van der Waals surface area contributed by atoms with Crippen LogP contribution in [0.15, 0.2) is 36.4 Å². The van der Waals surface area contributed by atoms with Gasteiger partial charge in [0.2, 0.25) is 17.7 Å². The van der Waals surface area contributed by atoms with E-state index in [1.54, 1.807) is 12.1 Å². The Hall–Kier alpha value is -3.62. The Morgan fingerprint density at radius 2 is 1.67 bits per heavy atom. The van der Waals surface area contributed by atoms with Gasteiger partial charge < -0.3 is 25.0 Å². The van der Waals surface area contributed by atoms with Crippen molar-refractivity contribution in [1.82, 2.24) is 20.3 Å². The summed E-state index contributed by atoms with van der Waals surface area (Å²) in [5.41, 5.74) is 1.32. The SMILES string of the molecule is COc1ccc(C(=O)NC2CCC(Nc3nc(N(C)C)c4ccccc4n3)CC2)c(OC)n1. The van der Waals surface area contributed by atoms with Crippen molar-refractivity contribution in [3.63, 3.8) is 0 Å². The number of amides is 1. The molecular weight excluding hydrogens is 420 g/mol. The van der Waals surface area contributed by atoms with Crippen LogP contribution in [0.3, 0.4) is 0 Å². The first-order valence-corrected chi connectivity index (χ1v) is 11.1. The zero-order valence-corrected chi connectivity index (χ0v) is 19.5. The second-order valence-electron chi connectivity index (χ2n) is 8.36. The zero-order chi connectivity index (χ0) is 23.4. The van der Waals surface area contributed by atoms with Crippen molar-refractivity contribution in [3.8, 4) is 11.8 Å². The smallest absolute Gasteiger partial charge is 0.256 e. The molecule has 0 radical (unpaired) electrons. The summed E-state index contributed by atoms with van der Waals surface area (Å²) in [6, 6.07) is 11.7. The summed E-state index contributed by atoms with van der Waals surface area (Å²) in [7, 11) is 6.99. The molecule has 1 aliphatic rings. The summed E-state index contributed by atoms with van der Waals surface area (Å²) in [5.74, 6) is 2.01. The van der Waals surface area contributed by atoms with Crippen LogP contribution in [-0.4, -0.2) is 61.3 Å². The largest absolute Gasteiger partial charge is 0.481 e. The third-order valence-corrected chi connectivity index (χ3v) is 5.88. The number of nitrogens with one attached hydrogen (secondary N) is 2. The van der Waals surface area contributed by atoms with Crippen molar-refractivity contribution in [1.29, 1.82) is 0 Å². The van der Waals surface area contributed by atoms with E-state index in [1.807, 2.05) is 43.3 Å². The predicted molar refractivity (Wildman–Crippen MR) is 128 cm³/mol. The van der Waals surface area contributed by atoms with E-state index < -0.39 is 0 Å². The molecule has 1 aromatic carbocycles. The number of carbonyl (C=O) groups is 1. The number of hydrogen-bond donors (Lipinski definition) is 2. The maximum atomic E-state index is 12.8. The number of benzene rings is 1. The molecule has 2 N–H and O–H groups in total. The fourth-order valence-electron chi connectivity index (χ4n) is 4.16. The Bertz CT molecular complexity index is 1130. The molecule has 0 spiro atoms. The number of carbonyl (C=O) groups excluding carboxylic acids is 1. The summed E-state index contributed by atoms with van der Waals surface area (Å²) in [5, 5.41) is 7.64. The van der Waals surface area contributed by atoms with E-state index in [9.17, 15) is 4.79 Å². The molecule has 0 saturated heterocycles. The average Bonchev–Trinajstić information content (AvgIpc) is 2.84. The van der Waals surface area contributed by atoms with Crippen molar-refractivity contribution < 1.29 is 14.3 Å². The lowest BCUT2D eigenvalue weighted by Gasteiger charge is -2.30. The number of nitrogens with zero attached hydrogens (tertiary/aromatic N) is 4. The summed E-state index contributed by atoms with van der Waals surface area (Å²) in [4.78, 5) is 28.4. The normalized spacial score (nSPS) is 17.9. The van der Waals surface area contributed by atoms with E-state index in [1.165, 1.54) is 14.2 Å². The number of hydrogen-bond acceptors (Lipinski definition) is 8. The molecule has 2 heterocycles. The van der Waals surface area contributed by atoms with E-state index in [0.29, 0.717) is 17.4 Å². The summed E-state index contributed by atoms with van der Waals surface area (Å²) >= 11 is 0. The highest BCUT2D eigenvalue weighted by atomic mass is 16.5. The molecule has 4 rings (SSSR count). The molecule has 3 aromatic rings. The third kappa shape index (κ3) is 5.08. The average molecular weight is 451 g/mol. The number of methoxy groups -OCH3 is 2. The molecule has 9 heteroatoms. The van der Waals surface area contributed by atoms with Gasteiger partial charge in [-0.1, -0.05) is 12.1 Å². The van der Waals surface area contributed by atoms with Crippen LogP contribution in [0.2, 0.25) is 0 Å². The number of fused-ring (bicyclic) bond motifs is 1. The molecule has 1 saturated carbocycles. The van der Waals surface area contributed by atoms with Crippen molar-refractivity contribution in [3.05, 3.63) is 42.0 Å². The lowest BCUT2D eigenvalue weighted by atomic mass is 9.91. The van der Waals surface area contributed by atoms with Crippen LogP contribution in [0, 0.1) is 0 Å². The molecule has 2 aromatic heterocycles. The van der Waals surface area contributed by atoms with Gasteiger partial charge in [-0.25, -0.2) is 4.98 Å². The van der Waals surface area contributed by atoms with Crippen LogP contribution in [-0.2, 0) is 0 Å². The zero-order valence-electron chi connectivity index (χ0n) is 19.5. The maximum absolute atomic E-state index is 12.8. The van der Waals surface area contributed by atoms with Gasteiger partial charge in [-0.3, -0.25) is 4.79 Å². The first-order valence-electron chi connectivity index (χ1n) is 11.1. The van der Waals surface area contributed by atoms with Crippen molar-refractivity contribution in [2.45, 2.75) is 37.8 Å². The number of rotatable bonds is 7. The molecule has 1 aliphatic carbocycles. The number of anilines is 2. The van der Waals surface area contributed by atoms with E-state index in [4.69, 9.17) is 19.4 Å². The topological polar surface area (TPSA) is 102 Å². The van der Waals surface area contributed by atoms with Gasteiger partial charge in [0.05, 0.1) is 19.7 Å². The Kier molecular flexibility index (Phi) is 6.76. The molecule has 9 nitrogen and oxygen atoms in total. The van der Waals surface area contributed by atoms with Gasteiger partial charge in [0.1, 0.15) is 11.4 Å². The van der Waals surface area contributed by atoms with E-state index >= 15 is 0 Å². The van der Waals surface area contributed by atoms with Crippen molar-refractivity contribution >= 4 is 28.6 Å². The Morgan fingerprint density at radius 3 is 2.36 bits per heavy atom. The van der Waals surface area contributed by atoms with Gasteiger partial charge in [0.15, 0.2) is 0 Å². The molecule has 174 valence electrons. The molecule has 1 amide bonds. The van der Waals surface area contributed by atoms with Gasteiger partial charge >= 0.3 is 0 Å². The molecule has 1 fully saturated rings. The second-order valence-corrected chi connectivity index (χ2v) is 8.36. The second kappa shape index (κ2) is 9.89. The van der Waals surface area contributed by atoms with Crippen molar-refractivity contribution in [2.75, 3.05) is 38.5 Å². The van der Waals surface area contributed by atoms with Crippen molar-refractivity contribution in [2.24, 2.45) is 0 Å². The minimum Gasteiger partial charge on any atom is -0.481 e. The van der Waals surface area contributed by atoms with Crippen LogP contribution in [0.5, 0.6) is 11.8 Å². The Balaban J connectivity index is 1.37. The fourth-order valence-corrected chi connectivity index (χ4v) is 4.16. The van der Waals surface area contributed by atoms with Crippen LogP contribution >= 0.6 is 0 Å². The lowest BCUT2D eigenvalue weighted by molar-refractivity contribution is 0.0922. The molecule has 0 aliphatic heterocycles. The highest BCUT2D eigenvalue weighted by Gasteiger charge is 2.25. The standard InChI is InChI=1S/C24H30N6O3/c1-30(2)21-17-7-5-6-8-19(17)27-24(29-21)26-16-11-9-15(10-12-16)25-22(31)18-13-14-20(32-3)28-23(18)33-4/h5-8,13-16H,9-12H2,1-4H3,(H,25,31)(H,26,27,29). The van der Waals surface area contributed by atoms with Crippen LogP contribution < -0.4 is 25.0 Å². The van der Waals surface area contributed by atoms with Crippen LogP contribution in [0.4, 0.5) is 11.8 Å². The van der Waals surface area contributed by atoms with Crippen LogP contribution in [0.25, 0.3) is 10.9 Å². The minimum atomic E-state index is -0.188. The molecular formula is C24H30N6O3. The number of aromatic nitrogens is 3.